The van der Waals surface area contributed by atoms with Gasteiger partial charge in [-0.1, -0.05) is 45.0 Å². The lowest BCUT2D eigenvalue weighted by Gasteiger charge is -2.49. The van der Waals surface area contributed by atoms with Crippen molar-refractivity contribution in [3.8, 4) is 0 Å². The Hall–Kier alpha value is -1.88. The van der Waals surface area contributed by atoms with Gasteiger partial charge in [-0.15, -0.1) is 0 Å². The van der Waals surface area contributed by atoms with E-state index in [0.29, 0.717) is 24.9 Å². The molecule has 1 aliphatic carbocycles. The van der Waals surface area contributed by atoms with Crippen LogP contribution in [0.1, 0.15) is 91.7 Å². The number of amides is 2. The molecule has 1 N–H and O–H groups in total. The van der Waals surface area contributed by atoms with E-state index >= 15 is 0 Å². The van der Waals surface area contributed by atoms with Gasteiger partial charge in [0.05, 0.1) is 6.04 Å². The van der Waals surface area contributed by atoms with Crippen LogP contribution in [-0.4, -0.2) is 54.3 Å². The molecule has 0 saturated carbocycles. The number of carbonyl (C=O) groups excluding carboxylic acids is 2. The average Bonchev–Trinajstić information content (AvgIpc) is 2.75. The van der Waals surface area contributed by atoms with Gasteiger partial charge < -0.3 is 15.1 Å². The molecule has 180 valence electrons. The summed E-state index contributed by atoms with van der Waals surface area (Å²) in [5.41, 5.74) is 3.45. The van der Waals surface area contributed by atoms with Crippen LogP contribution in [0.15, 0.2) is 24.3 Å². The normalized spacial score (nSPS) is 20.6. The fourth-order valence-electron chi connectivity index (χ4n) is 5.57. The molecule has 0 radical (unpaired) electrons. The lowest BCUT2D eigenvalue weighted by atomic mass is 9.63. The maximum atomic E-state index is 13.0. The van der Waals surface area contributed by atoms with Gasteiger partial charge in [0.1, 0.15) is 0 Å². The van der Waals surface area contributed by atoms with E-state index in [1.165, 1.54) is 56.9 Å². The number of rotatable bonds is 7. The highest BCUT2D eigenvalue weighted by Gasteiger charge is 2.43. The zero-order valence-corrected chi connectivity index (χ0v) is 20.9. The lowest BCUT2D eigenvalue weighted by Crippen LogP contribution is -2.47. The summed E-state index contributed by atoms with van der Waals surface area (Å²) in [6.45, 7) is 15.2. The lowest BCUT2D eigenvalue weighted by molar-refractivity contribution is -0.134. The molecule has 32 heavy (non-hydrogen) atoms. The van der Waals surface area contributed by atoms with E-state index in [-0.39, 0.29) is 24.7 Å². The van der Waals surface area contributed by atoms with E-state index < -0.39 is 0 Å². The smallest absolute Gasteiger partial charge is 0.224 e. The summed E-state index contributed by atoms with van der Waals surface area (Å²) in [4.78, 5) is 28.9. The van der Waals surface area contributed by atoms with E-state index in [4.69, 9.17) is 0 Å². The summed E-state index contributed by atoms with van der Waals surface area (Å²) in [6, 6.07) is 9.01. The van der Waals surface area contributed by atoms with Gasteiger partial charge in [0.15, 0.2) is 0 Å². The Morgan fingerprint density at radius 1 is 1.19 bits per heavy atom. The largest absolute Gasteiger partial charge is 0.356 e. The number of fused-ring (bicyclic) bond motifs is 2. The minimum Gasteiger partial charge on any atom is -0.356 e. The van der Waals surface area contributed by atoms with Gasteiger partial charge in [-0.2, -0.15) is 0 Å². The van der Waals surface area contributed by atoms with Crippen molar-refractivity contribution in [2.45, 2.75) is 84.6 Å². The van der Waals surface area contributed by atoms with Crippen LogP contribution in [0.4, 0.5) is 0 Å². The summed E-state index contributed by atoms with van der Waals surface area (Å²) in [6.07, 6.45) is 6.20. The minimum absolute atomic E-state index is 0. The van der Waals surface area contributed by atoms with Crippen molar-refractivity contribution >= 4 is 11.8 Å². The first-order valence-corrected chi connectivity index (χ1v) is 12.5. The first-order valence-electron chi connectivity index (χ1n) is 12.5. The minimum atomic E-state index is -0.0837. The molecular weight excluding hydrogens is 398 g/mol. The summed E-state index contributed by atoms with van der Waals surface area (Å²) in [5.74, 6) is 0.0497. The highest BCUT2D eigenvalue weighted by Crippen LogP contribution is 2.49. The highest BCUT2D eigenvalue weighted by atomic mass is 16.2. The van der Waals surface area contributed by atoms with Gasteiger partial charge in [-0.3, -0.25) is 9.59 Å². The Balaban J connectivity index is 0.00000385. The van der Waals surface area contributed by atoms with Crippen molar-refractivity contribution in [1.29, 1.82) is 0 Å². The first-order chi connectivity index (χ1) is 15.1. The number of benzene rings is 1. The molecule has 1 aromatic rings. The summed E-state index contributed by atoms with van der Waals surface area (Å²) < 4.78 is 0. The summed E-state index contributed by atoms with van der Waals surface area (Å²) >= 11 is 0. The SMILES string of the molecule is CCN(C(=O)CCNC(C)=O)[C@@H]1CCC2(CCN(CCC(C)(C)C)CC2)c2ccccc21.[HH]. The van der Waals surface area contributed by atoms with Gasteiger partial charge in [-0.05, 0) is 80.6 Å². The van der Waals surface area contributed by atoms with Crippen LogP contribution in [0.5, 0.6) is 0 Å². The van der Waals surface area contributed by atoms with Crippen LogP contribution < -0.4 is 5.32 Å². The second-order valence-corrected chi connectivity index (χ2v) is 11.0. The number of hydrogen-bond acceptors (Lipinski definition) is 3. The van der Waals surface area contributed by atoms with Gasteiger partial charge in [0.2, 0.25) is 11.8 Å². The molecule has 5 nitrogen and oxygen atoms in total. The van der Waals surface area contributed by atoms with E-state index in [1.807, 2.05) is 4.90 Å². The third-order valence-electron chi connectivity index (χ3n) is 7.53. The molecule has 1 aliphatic heterocycles. The predicted molar refractivity (Wildman–Crippen MR) is 133 cm³/mol. The number of nitrogens with one attached hydrogen (secondary N) is 1. The number of hydrogen-bond donors (Lipinski definition) is 1. The maximum Gasteiger partial charge on any atom is 0.224 e. The molecule has 1 atom stereocenters. The topological polar surface area (TPSA) is 52.7 Å². The molecule has 3 rings (SSSR count). The molecule has 0 unspecified atom stereocenters. The second kappa shape index (κ2) is 10.4. The van der Waals surface area contributed by atoms with Crippen LogP contribution >= 0.6 is 0 Å². The Bertz CT molecular complexity index is 797. The monoisotopic (exact) mass is 443 g/mol. The van der Waals surface area contributed by atoms with Crippen LogP contribution in [0.3, 0.4) is 0 Å². The van der Waals surface area contributed by atoms with Crippen molar-refractivity contribution in [3.05, 3.63) is 35.4 Å². The van der Waals surface area contributed by atoms with Crippen molar-refractivity contribution in [1.82, 2.24) is 15.1 Å². The fourth-order valence-corrected chi connectivity index (χ4v) is 5.57. The molecule has 2 aliphatic rings. The van der Waals surface area contributed by atoms with Crippen molar-refractivity contribution in [2.75, 3.05) is 32.7 Å². The molecule has 1 aromatic carbocycles. The number of nitrogens with zero attached hydrogens (tertiary/aromatic N) is 2. The quantitative estimate of drug-likeness (QED) is 0.651. The second-order valence-electron chi connectivity index (χ2n) is 11.0. The van der Waals surface area contributed by atoms with Crippen LogP contribution in [0.25, 0.3) is 0 Å². The average molecular weight is 444 g/mol. The summed E-state index contributed by atoms with van der Waals surface area (Å²) in [7, 11) is 0. The van der Waals surface area contributed by atoms with Gasteiger partial charge >= 0.3 is 0 Å². The number of carbonyl (C=O) groups is 2. The molecule has 1 saturated heterocycles. The Labute approximate surface area is 196 Å². The zero-order chi connectivity index (χ0) is 23.4. The Morgan fingerprint density at radius 3 is 2.50 bits per heavy atom. The molecule has 1 spiro atoms. The molecule has 1 heterocycles. The van der Waals surface area contributed by atoms with Gasteiger partial charge in [-0.25, -0.2) is 0 Å². The molecule has 0 bridgehead atoms. The molecular formula is C27H45N3O2. The van der Waals surface area contributed by atoms with E-state index in [2.05, 4.69) is 62.2 Å². The van der Waals surface area contributed by atoms with Gasteiger partial charge in [0, 0.05) is 27.9 Å². The predicted octanol–water partition coefficient (Wildman–Crippen LogP) is 4.91. The van der Waals surface area contributed by atoms with Gasteiger partial charge in [0.25, 0.3) is 0 Å². The third-order valence-corrected chi connectivity index (χ3v) is 7.53. The van der Waals surface area contributed by atoms with Crippen LogP contribution in [0, 0.1) is 5.41 Å². The highest BCUT2D eigenvalue weighted by molar-refractivity contribution is 5.78. The van der Waals surface area contributed by atoms with E-state index in [0.717, 1.165) is 12.8 Å². The van der Waals surface area contributed by atoms with Crippen molar-refractivity contribution in [3.63, 3.8) is 0 Å². The van der Waals surface area contributed by atoms with Crippen molar-refractivity contribution in [2.24, 2.45) is 5.41 Å². The standard InChI is InChI=1S/C27H43N3O2.H2/c1-6-30(25(32)12-17-28-21(2)31)24-11-13-27(23-10-8-7-9-22(23)24)15-19-29(20-16-27)18-14-26(3,4)5;/h7-10,24H,6,11-20H2,1-5H3,(H,28,31);1H/t24-;/m1./s1. The third kappa shape index (κ3) is 5.92. The fraction of sp³-hybridized carbons (Fsp3) is 0.704. The van der Waals surface area contributed by atoms with E-state index in [1.54, 1.807) is 0 Å². The first kappa shape index (κ1) is 24.8. The maximum absolute atomic E-state index is 13.0. The van der Waals surface area contributed by atoms with Crippen LogP contribution in [0.2, 0.25) is 0 Å². The number of likely N-dealkylation sites (tertiary alicyclic amines) is 1. The molecule has 2 amide bonds. The Morgan fingerprint density at radius 2 is 1.88 bits per heavy atom. The van der Waals surface area contributed by atoms with E-state index in [9.17, 15) is 9.59 Å². The summed E-state index contributed by atoms with van der Waals surface area (Å²) in [5, 5.41) is 2.76. The zero-order valence-electron chi connectivity index (χ0n) is 20.9. The molecule has 0 aromatic heterocycles. The van der Waals surface area contributed by atoms with Crippen molar-refractivity contribution < 1.29 is 11.0 Å². The number of piperidine rings is 1. The van der Waals surface area contributed by atoms with Crippen LogP contribution in [-0.2, 0) is 15.0 Å². The molecule has 5 heteroatoms. The Kier molecular flexibility index (Phi) is 8.02. The molecule has 1 fully saturated rings.